The van der Waals surface area contributed by atoms with Crippen LogP contribution in [0, 0.1) is 0 Å². The molecule has 0 spiro atoms. The molecular formula is C28H37N3O4S. The Morgan fingerprint density at radius 1 is 1.03 bits per heavy atom. The van der Waals surface area contributed by atoms with Crippen LogP contribution in [0.25, 0.3) is 0 Å². The Hall–Kier alpha value is -2.97. The molecule has 0 radical (unpaired) electrons. The van der Waals surface area contributed by atoms with Crippen molar-refractivity contribution in [3.05, 3.63) is 77.9 Å². The Balaban J connectivity index is 1.54. The number of amides is 2. The summed E-state index contributed by atoms with van der Waals surface area (Å²) in [4.78, 5) is 24.4. The molecule has 8 heteroatoms. The molecule has 0 bridgehead atoms. The highest BCUT2D eigenvalue weighted by molar-refractivity contribution is 7.89. The fourth-order valence-corrected chi connectivity index (χ4v) is 5.66. The maximum absolute atomic E-state index is 13.1. The Morgan fingerprint density at radius 3 is 2.14 bits per heavy atom. The van der Waals surface area contributed by atoms with Gasteiger partial charge in [0.1, 0.15) is 0 Å². The lowest BCUT2D eigenvalue weighted by Gasteiger charge is -2.39. The van der Waals surface area contributed by atoms with Crippen LogP contribution in [0.2, 0.25) is 0 Å². The van der Waals surface area contributed by atoms with E-state index in [0.717, 1.165) is 5.56 Å². The van der Waals surface area contributed by atoms with Gasteiger partial charge in [0.2, 0.25) is 15.9 Å². The summed E-state index contributed by atoms with van der Waals surface area (Å²) < 4.78 is 27.6. The number of rotatable bonds is 8. The van der Waals surface area contributed by atoms with Gasteiger partial charge in [-0.2, -0.15) is 4.31 Å². The number of sulfonamides is 1. The standard InChI is InChI=1S/C28H37N3O4S/c1-6-25(32)30-28(5)16-19-31(20-17-28)36(34,35)24-13-9-22(10-14-24)26(33)29-18-15-21-7-11-23(12-8-21)27(2,3)4/h6-14H,1,15-20H2,2-5H3,(H,29,33)(H,30,32). The second-order valence-corrected chi connectivity index (χ2v) is 12.6. The van der Waals surface area contributed by atoms with E-state index in [1.165, 1.54) is 28.1 Å². The molecule has 1 fully saturated rings. The fourth-order valence-electron chi connectivity index (χ4n) is 4.21. The Labute approximate surface area is 215 Å². The molecule has 194 valence electrons. The van der Waals surface area contributed by atoms with Crippen LogP contribution >= 0.6 is 0 Å². The van der Waals surface area contributed by atoms with E-state index in [1.54, 1.807) is 12.1 Å². The number of carbonyl (C=O) groups excluding carboxylic acids is 2. The summed E-state index contributed by atoms with van der Waals surface area (Å²) >= 11 is 0. The normalized spacial score (nSPS) is 16.2. The van der Waals surface area contributed by atoms with Crippen LogP contribution in [0.5, 0.6) is 0 Å². The quantitative estimate of drug-likeness (QED) is 0.527. The van der Waals surface area contributed by atoms with E-state index in [-0.39, 0.29) is 22.1 Å². The molecule has 1 aliphatic rings. The van der Waals surface area contributed by atoms with Crippen LogP contribution in [-0.2, 0) is 26.7 Å². The predicted octanol–water partition coefficient (Wildman–Crippen LogP) is 3.80. The van der Waals surface area contributed by atoms with Crippen molar-refractivity contribution in [3.8, 4) is 0 Å². The lowest BCUT2D eigenvalue weighted by Crippen LogP contribution is -2.53. The van der Waals surface area contributed by atoms with Crippen LogP contribution in [0.15, 0.2) is 66.1 Å². The highest BCUT2D eigenvalue weighted by atomic mass is 32.2. The molecule has 0 atom stereocenters. The molecule has 2 aromatic rings. The second-order valence-electron chi connectivity index (χ2n) is 10.6. The van der Waals surface area contributed by atoms with Gasteiger partial charge in [-0.05, 0) is 73.1 Å². The second kappa shape index (κ2) is 11.0. The van der Waals surface area contributed by atoms with E-state index in [1.807, 2.05) is 6.92 Å². The summed E-state index contributed by atoms with van der Waals surface area (Å²) in [7, 11) is -3.69. The van der Waals surface area contributed by atoms with Gasteiger partial charge in [0.25, 0.3) is 5.91 Å². The van der Waals surface area contributed by atoms with Crippen molar-refractivity contribution in [2.24, 2.45) is 0 Å². The van der Waals surface area contributed by atoms with Crippen LogP contribution < -0.4 is 10.6 Å². The summed E-state index contributed by atoms with van der Waals surface area (Å²) in [6.45, 7) is 13.0. The summed E-state index contributed by atoms with van der Waals surface area (Å²) in [6, 6.07) is 14.4. The minimum atomic E-state index is -3.69. The molecule has 36 heavy (non-hydrogen) atoms. The van der Waals surface area contributed by atoms with Gasteiger partial charge in [0.05, 0.1) is 4.90 Å². The number of carbonyl (C=O) groups is 2. The molecule has 2 aromatic carbocycles. The first-order chi connectivity index (χ1) is 16.8. The number of benzene rings is 2. The van der Waals surface area contributed by atoms with Crippen molar-refractivity contribution in [2.45, 2.75) is 62.8 Å². The van der Waals surface area contributed by atoms with Crippen molar-refractivity contribution in [2.75, 3.05) is 19.6 Å². The molecule has 1 aliphatic heterocycles. The zero-order valence-electron chi connectivity index (χ0n) is 21.6. The third kappa shape index (κ3) is 6.83. The topological polar surface area (TPSA) is 95.6 Å². The largest absolute Gasteiger partial charge is 0.352 e. The summed E-state index contributed by atoms with van der Waals surface area (Å²) in [5.41, 5.74) is 2.46. The minimum absolute atomic E-state index is 0.101. The van der Waals surface area contributed by atoms with Gasteiger partial charge in [0.15, 0.2) is 0 Å². The van der Waals surface area contributed by atoms with Crippen molar-refractivity contribution >= 4 is 21.8 Å². The first-order valence-corrected chi connectivity index (χ1v) is 13.7. The first-order valence-electron chi connectivity index (χ1n) is 12.3. The predicted molar refractivity (Wildman–Crippen MR) is 142 cm³/mol. The number of hydrogen-bond donors (Lipinski definition) is 2. The molecule has 7 nitrogen and oxygen atoms in total. The SMILES string of the molecule is C=CC(=O)NC1(C)CCN(S(=O)(=O)c2ccc(C(=O)NCCc3ccc(C(C)(C)C)cc3)cc2)CC1. The molecule has 2 amide bonds. The summed E-state index contributed by atoms with van der Waals surface area (Å²) in [5.74, 6) is -0.502. The maximum atomic E-state index is 13.1. The zero-order valence-corrected chi connectivity index (χ0v) is 22.5. The van der Waals surface area contributed by atoms with Crippen LogP contribution in [0.3, 0.4) is 0 Å². The average Bonchev–Trinajstić information content (AvgIpc) is 2.84. The lowest BCUT2D eigenvalue weighted by molar-refractivity contribution is -0.118. The summed E-state index contributed by atoms with van der Waals surface area (Å²) in [6.07, 6.45) is 2.94. The average molecular weight is 512 g/mol. The molecule has 2 N–H and O–H groups in total. The lowest BCUT2D eigenvalue weighted by atomic mass is 9.86. The maximum Gasteiger partial charge on any atom is 0.251 e. The van der Waals surface area contributed by atoms with E-state index in [9.17, 15) is 18.0 Å². The van der Waals surface area contributed by atoms with E-state index in [4.69, 9.17) is 0 Å². The molecule has 1 saturated heterocycles. The Kier molecular flexibility index (Phi) is 8.41. The smallest absolute Gasteiger partial charge is 0.251 e. The number of nitrogens with one attached hydrogen (secondary N) is 2. The molecule has 0 aliphatic carbocycles. The molecule has 0 saturated carbocycles. The van der Waals surface area contributed by atoms with Gasteiger partial charge in [-0.25, -0.2) is 8.42 Å². The van der Waals surface area contributed by atoms with Gasteiger partial charge < -0.3 is 10.6 Å². The Morgan fingerprint density at radius 2 is 1.61 bits per heavy atom. The number of nitrogens with zero attached hydrogens (tertiary/aromatic N) is 1. The van der Waals surface area contributed by atoms with Gasteiger partial charge in [0, 0.05) is 30.7 Å². The van der Waals surface area contributed by atoms with Crippen molar-refractivity contribution in [3.63, 3.8) is 0 Å². The third-order valence-electron chi connectivity index (χ3n) is 6.71. The summed E-state index contributed by atoms with van der Waals surface area (Å²) in [5, 5.41) is 5.79. The monoisotopic (exact) mass is 511 g/mol. The van der Waals surface area contributed by atoms with Crippen molar-refractivity contribution in [1.82, 2.24) is 14.9 Å². The minimum Gasteiger partial charge on any atom is -0.352 e. The number of hydrogen-bond acceptors (Lipinski definition) is 4. The van der Waals surface area contributed by atoms with E-state index in [0.29, 0.717) is 44.5 Å². The van der Waals surface area contributed by atoms with Gasteiger partial charge in [-0.1, -0.05) is 51.6 Å². The molecule has 0 unspecified atom stereocenters. The Bertz CT molecular complexity index is 1190. The number of piperidine rings is 1. The van der Waals surface area contributed by atoms with Crippen molar-refractivity contribution < 1.29 is 18.0 Å². The van der Waals surface area contributed by atoms with E-state index < -0.39 is 15.6 Å². The van der Waals surface area contributed by atoms with Crippen LogP contribution in [0.1, 0.15) is 62.0 Å². The van der Waals surface area contributed by atoms with E-state index >= 15 is 0 Å². The fraction of sp³-hybridized carbons (Fsp3) is 0.429. The molecule has 0 aromatic heterocycles. The van der Waals surface area contributed by atoms with Crippen LogP contribution in [-0.4, -0.2) is 49.7 Å². The highest BCUT2D eigenvalue weighted by Gasteiger charge is 2.36. The first kappa shape index (κ1) is 27.6. The molecule has 3 rings (SSSR count). The van der Waals surface area contributed by atoms with Gasteiger partial charge in [-0.3, -0.25) is 9.59 Å². The van der Waals surface area contributed by atoms with Crippen LogP contribution in [0.4, 0.5) is 0 Å². The van der Waals surface area contributed by atoms with Gasteiger partial charge in [-0.15, -0.1) is 0 Å². The zero-order chi connectivity index (χ0) is 26.6. The molecular weight excluding hydrogens is 474 g/mol. The van der Waals surface area contributed by atoms with E-state index in [2.05, 4.69) is 62.2 Å². The third-order valence-corrected chi connectivity index (χ3v) is 8.62. The van der Waals surface area contributed by atoms with Gasteiger partial charge >= 0.3 is 0 Å². The van der Waals surface area contributed by atoms with Crippen molar-refractivity contribution in [1.29, 1.82) is 0 Å². The molecule has 1 heterocycles. The highest BCUT2D eigenvalue weighted by Crippen LogP contribution is 2.27.